The molecule has 0 fully saturated rings. The Morgan fingerprint density at radius 1 is 0.812 bits per heavy atom. The van der Waals surface area contributed by atoms with Crippen molar-refractivity contribution in [3.8, 4) is 0 Å². The Bertz CT molecular complexity index is 1240. The zero-order valence-corrected chi connectivity index (χ0v) is 20.7. The molecule has 4 aromatic carbocycles. The predicted molar refractivity (Wildman–Crippen MR) is 123 cm³/mol. The van der Waals surface area contributed by atoms with Crippen LogP contribution < -0.4 is 39.4 Å². The third-order valence-electron chi connectivity index (χ3n) is 5.36. The first-order valence-electron chi connectivity index (χ1n) is 10.2. The van der Waals surface area contributed by atoms with E-state index in [1.54, 1.807) is 0 Å². The minimum absolute atomic E-state index is 0. The number of carbonyl (C=O) groups excluding carboxylic acids is 2. The summed E-state index contributed by atoms with van der Waals surface area (Å²) in [5.74, 6) is -1.66. The number of aliphatic carboxylic acids is 1. The van der Waals surface area contributed by atoms with E-state index in [1.807, 2.05) is 78.9 Å². The second-order valence-electron chi connectivity index (χ2n) is 7.50. The van der Waals surface area contributed by atoms with Gasteiger partial charge in [-0.05, 0) is 70.5 Å². The van der Waals surface area contributed by atoms with Gasteiger partial charge in [-0.1, -0.05) is 72.8 Å². The molecule has 156 valence electrons. The van der Waals surface area contributed by atoms with Crippen molar-refractivity contribution in [2.24, 2.45) is 0 Å². The number of fused-ring (bicyclic) bond motifs is 2. The van der Waals surface area contributed by atoms with E-state index in [-0.39, 0.29) is 41.9 Å². The second-order valence-corrected chi connectivity index (χ2v) is 8.38. The average Bonchev–Trinajstić information content (AvgIpc) is 2.79. The van der Waals surface area contributed by atoms with E-state index in [2.05, 4.69) is 10.8 Å². The quantitative estimate of drug-likeness (QED) is 0.328. The van der Waals surface area contributed by atoms with Gasteiger partial charge in [0.15, 0.2) is 0 Å². The Balaban J connectivity index is 0.00000289. The fourth-order valence-electron chi connectivity index (χ4n) is 3.74. The Hall–Kier alpha value is -2.31. The van der Waals surface area contributed by atoms with Crippen molar-refractivity contribution in [1.82, 2.24) is 4.72 Å². The number of carboxylic acids is 1. The van der Waals surface area contributed by atoms with Crippen LogP contribution in [0.15, 0.2) is 89.8 Å². The molecule has 0 aliphatic heterocycles. The molecule has 0 bridgehead atoms. The Morgan fingerprint density at radius 3 is 2.06 bits per heavy atom. The Kier molecular flexibility index (Phi) is 8.76. The molecule has 0 radical (unpaired) electrons. The molecule has 0 aliphatic carbocycles. The fraction of sp³-hybridized carbons (Fsp3) is 0.154. The summed E-state index contributed by atoms with van der Waals surface area (Å²) >= 11 is 1.28. The largest absolute Gasteiger partial charge is 1.00 e. The number of nitrogens with one attached hydrogen (secondary N) is 1. The molecule has 0 aromatic heterocycles. The molecule has 0 aliphatic rings. The smallest absolute Gasteiger partial charge is 0.550 e. The Morgan fingerprint density at radius 2 is 1.41 bits per heavy atom. The molecule has 0 saturated carbocycles. The summed E-state index contributed by atoms with van der Waals surface area (Å²) in [6, 6.07) is 28.1. The van der Waals surface area contributed by atoms with Gasteiger partial charge < -0.3 is 9.90 Å². The van der Waals surface area contributed by atoms with Gasteiger partial charge in [0.1, 0.15) is 0 Å². The first-order valence-corrected chi connectivity index (χ1v) is 11.1. The molecular formula is C26H22NNaO3S. The number of hydrogen-bond donors (Lipinski definition) is 1. The first-order chi connectivity index (χ1) is 15.1. The summed E-state index contributed by atoms with van der Waals surface area (Å²) in [4.78, 5) is 24.9. The molecule has 4 rings (SSSR count). The van der Waals surface area contributed by atoms with Crippen molar-refractivity contribution >= 4 is 45.4 Å². The van der Waals surface area contributed by atoms with Crippen LogP contribution in [-0.4, -0.2) is 11.9 Å². The van der Waals surface area contributed by atoms with Gasteiger partial charge in [0.2, 0.25) is 5.91 Å². The number of rotatable bonds is 8. The summed E-state index contributed by atoms with van der Waals surface area (Å²) in [5, 5.41) is 15.3. The summed E-state index contributed by atoms with van der Waals surface area (Å²) < 4.78 is 2.96. The van der Waals surface area contributed by atoms with Crippen LogP contribution in [0.3, 0.4) is 0 Å². The normalized spacial score (nSPS) is 11.6. The number of amides is 1. The van der Waals surface area contributed by atoms with Crippen LogP contribution >= 0.6 is 11.9 Å². The van der Waals surface area contributed by atoms with Crippen LogP contribution in [0.2, 0.25) is 0 Å². The van der Waals surface area contributed by atoms with E-state index < -0.39 is 11.9 Å². The first kappa shape index (κ1) is 24.3. The summed E-state index contributed by atoms with van der Waals surface area (Å²) in [5.41, 5.74) is 0.883. The Labute approximate surface area is 213 Å². The number of hydrogen-bond acceptors (Lipinski definition) is 4. The SMILES string of the molecule is O=C([O-])CCCC(C(=O)NSc1ccc2ccccc2c1)c1ccc2ccccc2c1.[Na+]. The molecular weight excluding hydrogens is 429 g/mol. The standard InChI is InChI=1S/C26H23NO3S.Na/c28-25(29)11-5-10-24(22-13-12-18-6-1-3-8-20(18)16-22)26(30)27-31-23-15-14-19-7-2-4-9-21(19)17-23;/h1-4,6-9,12-17,24H,5,10-11H2,(H,27,30)(H,28,29);/q;+1/p-1. The second kappa shape index (κ2) is 11.5. The maximum absolute atomic E-state index is 13.1. The van der Waals surface area contributed by atoms with E-state index in [0.29, 0.717) is 12.8 Å². The molecule has 32 heavy (non-hydrogen) atoms. The third kappa shape index (κ3) is 6.14. The van der Waals surface area contributed by atoms with Crippen molar-refractivity contribution in [3.63, 3.8) is 0 Å². The van der Waals surface area contributed by atoms with E-state index in [4.69, 9.17) is 0 Å². The molecule has 1 unspecified atom stereocenters. The fourth-order valence-corrected chi connectivity index (χ4v) is 4.42. The zero-order chi connectivity index (χ0) is 21.6. The third-order valence-corrected chi connectivity index (χ3v) is 6.15. The average molecular weight is 452 g/mol. The van der Waals surface area contributed by atoms with E-state index in [1.165, 1.54) is 11.9 Å². The van der Waals surface area contributed by atoms with Gasteiger partial charge in [-0.2, -0.15) is 0 Å². The van der Waals surface area contributed by atoms with E-state index in [0.717, 1.165) is 32.0 Å². The van der Waals surface area contributed by atoms with Gasteiger partial charge in [-0.3, -0.25) is 9.52 Å². The predicted octanol–water partition coefficient (Wildman–Crippen LogP) is 1.82. The van der Waals surface area contributed by atoms with Gasteiger partial charge in [0.25, 0.3) is 0 Å². The van der Waals surface area contributed by atoms with Crippen molar-refractivity contribution < 1.29 is 44.3 Å². The van der Waals surface area contributed by atoms with Crippen molar-refractivity contribution in [2.45, 2.75) is 30.1 Å². The maximum atomic E-state index is 13.1. The van der Waals surface area contributed by atoms with Crippen molar-refractivity contribution in [2.75, 3.05) is 0 Å². The van der Waals surface area contributed by atoms with Gasteiger partial charge in [0.05, 0.1) is 5.92 Å². The number of benzene rings is 4. The minimum Gasteiger partial charge on any atom is -0.550 e. The van der Waals surface area contributed by atoms with Crippen molar-refractivity contribution in [3.05, 3.63) is 90.5 Å². The molecule has 1 atom stereocenters. The van der Waals surface area contributed by atoms with Gasteiger partial charge in [0, 0.05) is 10.9 Å². The molecule has 4 aromatic rings. The van der Waals surface area contributed by atoms with Crippen LogP contribution in [0.1, 0.15) is 30.7 Å². The maximum Gasteiger partial charge on any atom is 1.00 e. The van der Waals surface area contributed by atoms with Gasteiger partial charge in [-0.25, -0.2) is 0 Å². The molecule has 1 N–H and O–H groups in total. The van der Waals surface area contributed by atoms with Crippen LogP contribution in [0.4, 0.5) is 0 Å². The molecule has 0 spiro atoms. The number of carboxylic acid groups (broad SMARTS) is 1. The summed E-state index contributed by atoms with van der Waals surface area (Å²) in [6.07, 6.45) is 0.763. The number of carbonyl (C=O) groups is 2. The summed E-state index contributed by atoms with van der Waals surface area (Å²) in [6.45, 7) is 0. The van der Waals surface area contributed by atoms with Crippen LogP contribution in [0, 0.1) is 0 Å². The van der Waals surface area contributed by atoms with Gasteiger partial charge in [-0.15, -0.1) is 0 Å². The van der Waals surface area contributed by atoms with E-state index in [9.17, 15) is 14.7 Å². The summed E-state index contributed by atoms with van der Waals surface area (Å²) in [7, 11) is 0. The molecule has 0 saturated heterocycles. The van der Waals surface area contributed by atoms with E-state index >= 15 is 0 Å². The van der Waals surface area contributed by atoms with Crippen molar-refractivity contribution in [1.29, 1.82) is 0 Å². The molecule has 1 amide bonds. The zero-order valence-electron chi connectivity index (χ0n) is 17.9. The topological polar surface area (TPSA) is 69.2 Å². The molecule has 4 nitrogen and oxygen atoms in total. The molecule has 0 heterocycles. The van der Waals surface area contributed by atoms with Crippen LogP contribution in [-0.2, 0) is 9.59 Å². The minimum atomic E-state index is -1.09. The molecule has 6 heteroatoms. The van der Waals surface area contributed by atoms with Crippen LogP contribution in [0.5, 0.6) is 0 Å². The monoisotopic (exact) mass is 451 g/mol. The van der Waals surface area contributed by atoms with Gasteiger partial charge >= 0.3 is 29.6 Å². The van der Waals surface area contributed by atoms with Crippen LogP contribution in [0.25, 0.3) is 21.5 Å².